The summed E-state index contributed by atoms with van der Waals surface area (Å²) >= 11 is 0. The molecule has 7 nitrogen and oxygen atoms in total. The van der Waals surface area contributed by atoms with E-state index in [1.165, 1.54) is 0 Å². The molecule has 0 saturated carbocycles. The first kappa shape index (κ1) is 19.2. The Morgan fingerprint density at radius 1 is 0.900 bits per heavy atom. The van der Waals surface area contributed by atoms with Gasteiger partial charge >= 0.3 is 0 Å². The molecule has 4 rings (SSSR count). The van der Waals surface area contributed by atoms with E-state index >= 15 is 0 Å². The number of benzene rings is 2. The number of hydrogen-bond donors (Lipinski definition) is 2. The van der Waals surface area contributed by atoms with E-state index in [-0.39, 0.29) is 11.8 Å². The van der Waals surface area contributed by atoms with Gasteiger partial charge < -0.3 is 19.8 Å². The van der Waals surface area contributed by atoms with Crippen molar-refractivity contribution in [2.75, 3.05) is 17.7 Å². The van der Waals surface area contributed by atoms with E-state index in [1.54, 1.807) is 49.7 Å². The average molecular weight is 400 g/mol. The van der Waals surface area contributed by atoms with Crippen LogP contribution < -0.4 is 15.4 Å². The fraction of sp³-hybridized carbons (Fsp3) is 0.0870. The maximum atomic E-state index is 12.5. The van der Waals surface area contributed by atoms with Gasteiger partial charge in [0.25, 0.3) is 11.8 Å². The Morgan fingerprint density at radius 3 is 2.40 bits per heavy atom. The first-order valence-electron chi connectivity index (χ1n) is 9.35. The smallest absolute Gasteiger partial charge is 0.275 e. The molecule has 30 heavy (non-hydrogen) atoms. The van der Waals surface area contributed by atoms with Gasteiger partial charge in [-0.1, -0.05) is 18.2 Å². The van der Waals surface area contributed by atoms with Crippen LogP contribution in [0.2, 0.25) is 0 Å². The molecule has 2 heterocycles. The van der Waals surface area contributed by atoms with Crippen molar-refractivity contribution in [3.05, 3.63) is 89.9 Å². The number of aromatic nitrogens is 2. The van der Waals surface area contributed by atoms with Crippen LogP contribution in [0.3, 0.4) is 0 Å². The molecule has 2 N–H and O–H groups in total. The summed E-state index contributed by atoms with van der Waals surface area (Å²) < 4.78 is 7.11. The number of rotatable bonds is 5. The van der Waals surface area contributed by atoms with Crippen LogP contribution in [0.5, 0.6) is 5.75 Å². The lowest BCUT2D eigenvalue weighted by molar-refractivity contribution is 0.101. The molecule has 0 aliphatic rings. The molecule has 2 amide bonds. The van der Waals surface area contributed by atoms with Crippen LogP contribution in [-0.4, -0.2) is 28.3 Å². The zero-order chi connectivity index (χ0) is 21.1. The number of nitrogens with zero attached hydrogens (tertiary/aromatic N) is 2. The van der Waals surface area contributed by atoms with Crippen LogP contribution in [0.4, 0.5) is 11.4 Å². The molecule has 0 unspecified atom stereocenters. The molecule has 2 aromatic carbocycles. The van der Waals surface area contributed by atoms with E-state index in [0.717, 1.165) is 5.69 Å². The number of pyridine rings is 1. The van der Waals surface area contributed by atoms with E-state index < -0.39 is 0 Å². The van der Waals surface area contributed by atoms with Gasteiger partial charge in [0.2, 0.25) is 0 Å². The van der Waals surface area contributed by atoms with E-state index in [2.05, 4.69) is 15.6 Å². The summed E-state index contributed by atoms with van der Waals surface area (Å²) in [5.74, 6) is -0.00468. The van der Waals surface area contributed by atoms with Crippen LogP contribution in [0.15, 0.2) is 72.9 Å². The Kier molecular flexibility index (Phi) is 5.17. The number of carbonyl (C=O) groups excluding carboxylic acids is 2. The molecular weight excluding hydrogens is 380 g/mol. The molecule has 0 saturated heterocycles. The summed E-state index contributed by atoms with van der Waals surface area (Å²) in [6.45, 7) is 1.95. The van der Waals surface area contributed by atoms with Gasteiger partial charge in [-0.15, -0.1) is 0 Å². The highest BCUT2D eigenvalue weighted by Crippen LogP contribution is 2.24. The Morgan fingerprint density at radius 2 is 1.67 bits per heavy atom. The van der Waals surface area contributed by atoms with Crippen LogP contribution in [0.1, 0.15) is 26.5 Å². The minimum atomic E-state index is -0.315. The molecule has 4 aromatic rings. The van der Waals surface area contributed by atoms with Gasteiger partial charge in [-0.05, 0) is 55.5 Å². The summed E-state index contributed by atoms with van der Waals surface area (Å²) in [7, 11) is 1.55. The normalized spacial score (nSPS) is 10.6. The van der Waals surface area contributed by atoms with Gasteiger partial charge in [-0.25, -0.2) is 4.98 Å². The van der Waals surface area contributed by atoms with Crippen molar-refractivity contribution in [3.8, 4) is 5.75 Å². The van der Waals surface area contributed by atoms with E-state index in [9.17, 15) is 9.59 Å². The maximum Gasteiger partial charge on any atom is 0.275 e. The number of nitrogens with one attached hydrogen (secondary N) is 2. The van der Waals surface area contributed by atoms with Gasteiger partial charge in [0.1, 0.15) is 17.1 Å². The van der Waals surface area contributed by atoms with Crippen molar-refractivity contribution in [1.82, 2.24) is 9.38 Å². The van der Waals surface area contributed by atoms with Crippen LogP contribution >= 0.6 is 0 Å². The van der Waals surface area contributed by atoms with Gasteiger partial charge in [0, 0.05) is 23.1 Å². The number of imidazole rings is 1. The standard InChI is InChI=1S/C23H20N4O3/c1-15-6-5-9-21-25-19(14-27(15)21)23(29)24-17-12-10-16(11-13-17)22(28)26-18-7-3-4-8-20(18)30-2/h3-14H,1-2H3,(H,24,29)(H,26,28). The van der Waals surface area contributed by atoms with Crippen molar-refractivity contribution in [2.24, 2.45) is 0 Å². The minimum absolute atomic E-state index is 0.270. The third-order valence-corrected chi connectivity index (χ3v) is 4.69. The number of aryl methyl sites for hydroxylation is 1. The Hall–Kier alpha value is -4.13. The highest BCUT2D eigenvalue weighted by atomic mass is 16.5. The average Bonchev–Trinajstić information content (AvgIpc) is 3.21. The second kappa shape index (κ2) is 8.08. The van der Waals surface area contributed by atoms with Gasteiger partial charge in [0.05, 0.1) is 12.8 Å². The number of fused-ring (bicyclic) bond motifs is 1. The Bertz CT molecular complexity index is 1230. The zero-order valence-corrected chi connectivity index (χ0v) is 16.5. The van der Waals surface area contributed by atoms with Crippen molar-refractivity contribution in [1.29, 1.82) is 0 Å². The molecule has 7 heteroatoms. The zero-order valence-electron chi connectivity index (χ0n) is 16.5. The highest BCUT2D eigenvalue weighted by molar-refractivity contribution is 6.06. The second-order valence-electron chi connectivity index (χ2n) is 6.71. The monoisotopic (exact) mass is 400 g/mol. The molecule has 0 aliphatic carbocycles. The summed E-state index contributed by atoms with van der Waals surface area (Å²) in [6, 6.07) is 19.5. The maximum absolute atomic E-state index is 12.5. The third-order valence-electron chi connectivity index (χ3n) is 4.69. The summed E-state index contributed by atoms with van der Waals surface area (Å²) in [6.07, 6.45) is 1.70. The molecule has 0 spiro atoms. The molecule has 2 aromatic heterocycles. The lowest BCUT2D eigenvalue weighted by Gasteiger charge is -2.10. The first-order chi connectivity index (χ1) is 14.5. The molecular formula is C23H20N4O3. The predicted octanol–water partition coefficient (Wildman–Crippen LogP) is 4.16. The third kappa shape index (κ3) is 3.86. The topological polar surface area (TPSA) is 84.7 Å². The number of hydrogen-bond acceptors (Lipinski definition) is 4. The van der Waals surface area contributed by atoms with Gasteiger partial charge in [-0.2, -0.15) is 0 Å². The Labute approximate surface area is 173 Å². The predicted molar refractivity (Wildman–Crippen MR) is 115 cm³/mol. The summed E-state index contributed by atoms with van der Waals surface area (Å²) in [5, 5.41) is 5.63. The quantitative estimate of drug-likeness (QED) is 0.527. The van der Waals surface area contributed by atoms with Gasteiger partial charge in [-0.3, -0.25) is 9.59 Å². The first-order valence-corrected chi connectivity index (χ1v) is 9.35. The van der Waals surface area contributed by atoms with Crippen molar-refractivity contribution >= 4 is 28.8 Å². The molecule has 0 radical (unpaired) electrons. The fourth-order valence-electron chi connectivity index (χ4n) is 3.10. The number of amides is 2. The van der Waals surface area contributed by atoms with Crippen molar-refractivity contribution in [2.45, 2.75) is 6.92 Å². The van der Waals surface area contributed by atoms with Crippen LogP contribution in [0.25, 0.3) is 5.65 Å². The number of ether oxygens (including phenoxy) is 1. The van der Waals surface area contributed by atoms with E-state index in [0.29, 0.717) is 34.0 Å². The molecule has 0 atom stereocenters. The second-order valence-corrected chi connectivity index (χ2v) is 6.71. The highest BCUT2D eigenvalue weighted by Gasteiger charge is 2.13. The lowest BCUT2D eigenvalue weighted by Crippen LogP contribution is -2.14. The Balaban J connectivity index is 1.45. The molecule has 0 bridgehead atoms. The van der Waals surface area contributed by atoms with E-state index in [1.807, 2.05) is 41.7 Å². The number of methoxy groups -OCH3 is 1. The molecule has 150 valence electrons. The number of carbonyl (C=O) groups is 2. The van der Waals surface area contributed by atoms with Crippen LogP contribution in [0, 0.1) is 6.92 Å². The van der Waals surface area contributed by atoms with E-state index in [4.69, 9.17) is 4.74 Å². The summed E-state index contributed by atoms with van der Waals surface area (Å²) in [5.41, 5.74) is 3.64. The largest absolute Gasteiger partial charge is 0.495 e. The number of para-hydroxylation sites is 2. The number of anilines is 2. The fourth-order valence-corrected chi connectivity index (χ4v) is 3.10. The van der Waals surface area contributed by atoms with Crippen LogP contribution in [-0.2, 0) is 0 Å². The molecule has 0 aliphatic heterocycles. The lowest BCUT2D eigenvalue weighted by atomic mass is 10.2. The minimum Gasteiger partial charge on any atom is -0.495 e. The molecule has 0 fully saturated rings. The van der Waals surface area contributed by atoms with Crippen molar-refractivity contribution < 1.29 is 14.3 Å². The van der Waals surface area contributed by atoms with Gasteiger partial charge in [0.15, 0.2) is 0 Å². The SMILES string of the molecule is COc1ccccc1NC(=O)c1ccc(NC(=O)c2cn3c(C)cccc3n2)cc1. The van der Waals surface area contributed by atoms with Crippen molar-refractivity contribution in [3.63, 3.8) is 0 Å². The summed E-state index contributed by atoms with van der Waals surface area (Å²) in [4.78, 5) is 29.4.